The Hall–Kier alpha value is -1.59. The monoisotopic (exact) mass is 359 g/mol. The van der Waals surface area contributed by atoms with Gasteiger partial charge in [0.2, 0.25) is 0 Å². The highest BCUT2D eigenvalue weighted by Gasteiger charge is 2.27. The van der Waals surface area contributed by atoms with Crippen molar-refractivity contribution < 1.29 is 9.53 Å². The lowest BCUT2D eigenvalue weighted by molar-refractivity contribution is 0.126. The normalized spacial score (nSPS) is 20.0. The zero-order chi connectivity index (χ0) is 18.0. The smallest absolute Gasteiger partial charge is 0.407 e. The Morgan fingerprint density at radius 1 is 1.08 bits per heavy atom. The summed E-state index contributed by atoms with van der Waals surface area (Å²) in [5, 5.41) is 6.33. The van der Waals surface area contributed by atoms with Crippen LogP contribution >= 0.6 is 0 Å². The lowest BCUT2D eigenvalue weighted by Gasteiger charge is -2.37. The molecule has 3 rings (SSSR count). The molecule has 2 aliphatic heterocycles. The van der Waals surface area contributed by atoms with Crippen molar-refractivity contribution in [2.75, 3.05) is 39.3 Å². The van der Waals surface area contributed by atoms with Gasteiger partial charge < -0.3 is 20.3 Å². The van der Waals surface area contributed by atoms with Gasteiger partial charge in [0.25, 0.3) is 0 Å². The van der Waals surface area contributed by atoms with E-state index >= 15 is 0 Å². The molecule has 0 bridgehead atoms. The molecule has 0 aromatic heterocycles. The predicted molar refractivity (Wildman–Crippen MR) is 104 cm³/mol. The molecule has 2 fully saturated rings. The molecule has 144 valence electrons. The van der Waals surface area contributed by atoms with Crippen molar-refractivity contribution in [3.05, 3.63) is 35.9 Å². The molecule has 5 nitrogen and oxygen atoms in total. The highest BCUT2D eigenvalue weighted by molar-refractivity contribution is 5.67. The summed E-state index contributed by atoms with van der Waals surface area (Å²) in [5.74, 6) is 1.87. The fourth-order valence-electron chi connectivity index (χ4n) is 4.23. The van der Waals surface area contributed by atoms with Crippen LogP contribution in [0.15, 0.2) is 30.3 Å². The Kier molecular flexibility index (Phi) is 7.77. The standard InChI is InChI=1S/C21H33N3O2/c25-21(26-17-18-5-2-1-3-6-18)23-11-4-14-24-15-9-20(10-16-24)19-7-12-22-13-8-19/h1-3,5-6,19-20,22H,4,7-17H2,(H,23,25). The molecule has 0 aliphatic carbocycles. The van der Waals surface area contributed by atoms with E-state index in [1.165, 1.54) is 51.9 Å². The van der Waals surface area contributed by atoms with Gasteiger partial charge in [0.05, 0.1) is 0 Å². The fraction of sp³-hybridized carbons (Fsp3) is 0.667. The first kappa shape index (κ1) is 19.2. The predicted octanol–water partition coefficient (Wildman–Crippen LogP) is 3.01. The first-order valence-electron chi connectivity index (χ1n) is 10.2. The molecule has 0 saturated carbocycles. The Labute approximate surface area is 157 Å². The molecular formula is C21H33N3O2. The van der Waals surface area contributed by atoms with E-state index in [1.54, 1.807) is 0 Å². The second-order valence-electron chi connectivity index (χ2n) is 7.61. The van der Waals surface area contributed by atoms with Crippen LogP contribution in [-0.4, -0.2) is 50.3 Å². The summed E-state index contributed by atoms with van der Waals surface area (Å²) in [6.07, 6.45) is 6.07. The Morgan fingerprint density at radius 2 is 1.77 bits per heavy atom. The van der Waals surface area contributed by atoms with Crippen molar-refractivity contribution in [3.8, 4) is 0 Å². The molecule has 2 saturated heterocycles. The van der Waals surface area contributed by atoms with Gasteiger partial charge in [-0.2, -0.15) is 0 Å². The maximum atomic E-state index is 11.7. The van der Waals surface area contributed by atoms with Crippen LogP contribution < -0.4 is 10.6 Å². The van der Waals surface area contributed by atoms with Crippen LogP contribution in [0.25, 0.3) is 0 Å². The summed E-state index contributed by atoms with van der Waals surface area (Å²) in [5.41, 5.74) is 1.01. The van der Waals surface area contributed by atoms with Gasteiger partial charge in [0.15, 0.2) is 0 Å². The Balaban J connectivity index is 1.22. The molecule has 5 heteroatoms. The number of nitrogens with zero attached hydrogens (tertiary/aromatic N) is 1. The summed E-state index contributed by atoms with van der Waals surface area (Å²) in [6, 6.07) is 9.77. The minimum absolute atomic E-state index is 0.321. The van der Waals surface area contributed by atoms with Crippen molar-refractivity contribution in [1.82, 2.24) is 15.5 Å². The van der Waals surface area contributed by atoms with Gasteiger partial charge >= 0.3 is 6.09 Å². The summed E-state index contributed by atoms with van der Waals surface area (Å²) >= 11 is 0. The molecule has 1 aromatic carbocycles. The average Bonchev–Trinajstić information content (AvgIpc) is 2.71. The van der Waals surface area contributed by atoms with E-state index in [1.807, 2.05) is 30.3 Å². The molecule has 2 N–H and O–H groups in total. The lowest BCUT2D eigenvalue weighted by Crippen LogP contribution is -2.40. The topological polar surface area (TPSA) is 53.6 Å². The molecule has 0 spiro atoms. The first-order chi connectivity index (χ1) is 12.8. The average molecular weight is 360 g/mol. The number of nitrogens with one attached hydrogen (secondary N) is 2. The van der Waals surface area contributed by atoms with Gasteiger partial charge in [-0.15, -0.1) is 0 Å². The molecule has 2 heterocycles. The number of hydrogen-bond donors (Lipinski definition) is 2. The van der Waals surface area contributed by atoms with Gasteiger partial charge in [0.1, 0.15) is 6.61 Å². The van der Waals surface area contributed by atoms with Crippen LogP contribution in [0.3, 0.4) is 0 Å². The molecule has 2 aliphatic rings. The molecule has 1 aromatic rings. The van der Waals surface area contributed by atoms with E-state index < -0.39 is 0 Å². The molecule has 0 radical (unpaired) electrons. The van der Waals surface area contributed by atoms with E-state index in [0.717, 1.165) is 30.4 Å². The Morgan fingerprint density at radius 3 is 2.50 bits per heavy atom. The van der Waals surface area contributed by atoms with Gasteiger partial charge in [0, 0.05) is 6.54 Å². The van der Waals surface area contributed by atoms with Crippen LogP contribution in [-0.2, 0) is 11.3 Å². The van der Waals surface area contributed by atoms with Crippen LogP contribution in [0.4, 0.5) is 4.79 Å². The lowest BCUT2D eigenvalue weighted by atomic mass is 9.79. The van der Waals surface area contributed by atoms with Crippen LogP contribution in [0, 0.1) is 11.8 Å². The highest BCUT2D eigenvalue weighted by Crippen LogP contribution is 2.30. The maximum Gasteiger partial charge on any atom is 0.407 e. The second-order valence-corrected chi connectivity index (χ2v) is 7.61. The van der Waals surface area contributed by atoms with Crippen molar-refractivity contribution >= 4 is 6.09 Å². The van der Waals surface area contributed by atoms with E-state index in [2.05, 4.69) is 15.5 Å². The van der Waals surface area contributed by atoms with Crippen molar-refractivity contribution in [2.24, 2.45) is 11.8 Å². The summed E-state index contributed by atoms with van der Waals surface area (Å²) < 4.78 is 5.23. The third-order valence-electron chi connectivity index (χ3n) is 5.82. The second kappa shape index (κ2) is 10.5. The highest BCUT2D eigenvalue weighted by atomic mass is 16.5. The third kappa shape index (κ3) is 6.29. The van der Waals surface area contributed by atoms with E-state index in [9.17, 15) is 4.79 Å². The first-order valence-corrected chi connectivity index (χ1v) is 10.2. The number of rotatable bonds is 7. The number of piperidine rings is 2. The van der Waals surface area contributed by atoms with Gasteiger partial charge in [-0.1, -0.05) is 30.3 Å². The summed E-state index contributed by atoms with van der Waals surface area (Å²) in [7, 11) is 0. The van der Waals surface area contributed by atoms with Gasteiger partial charge in [-0.25, -0.2) is 4.79 Å². The number of likely N-dealkylation sites (tertiary alicyclic amines) is 1. The maximum absolute atomic E-state index is 11.7. The van der Waals surface area contributed by atoms with Crippen molar-refractivity contribution in [1.29, 1.82) is 0 Å². The van der Waals surface area contributed by atoms with Crippen molar-refractivity contribution in [3.63, 3.8) is 0 Å². The zero-order valence-electron chi connectivity index (χ0n) is 15.8. The zero-order valence-corrected chi connectivity index (χ0v) is 15.8. The number of carbonyl (C=O) groups excluding carboxylic acids is 1. The van der Waals surface area contributed by atoms with Crippen LogP contribution in [0.1, 0.15) is 37.7 Å². The van der Waals surface area contributed by atoms with E-state index in [-0.39, 0.29) is 6.09 Å². The number of benzene rings is 1. The molecule has 0 atom stereocenters. The number of hydrogen-bond acceptors (Lipinski definition) is 4. The Bertz CT molecular complexity index is 523. The third-order valence-corrected chi connectivity index (χ3v) is 5.82. The molecule has 0 unspecified atom stereocenters. The van der Waals surface area contributed by atoms with Gasteiger partial charge in [-0.3, -0.25) is 0 Å². The van der Waals surface area contributed by atoms with E-state index in [4.69, 9.17) is 4.74 Å². The fourth-order valence-corrected chi connectivity index (χ4v) is 4.23. The summed E-state index contributed by atoms with van der Waals surface area (Å²) in [4.78, 5) is 14.3. The largest absolute Gasteiger partial charge is 0.445 e. The molecular weight excluding hydrogens is 326 g/mol. The van der Waals surface area contributed by atoms with Crippen LogP contribution in [0.2, 0.25) is 0 Å². The SMILES string of the molecule is O=C(NCCCN1CCC(C2CCNCC2)CC1)OCc1ccccc1. The number of carbonyl (C=O) groups is 1. The number of amides is 1. The van der Waals surface area contributed by atoms with Crippen molar-refractivity contribution in [2.45, 2.75) is 38.7 Å². The minimum atomic E-state index is -0.321. The van der Waals surface area contributed by atoms with Crippen LogP contribution in [0.5, 0.6) is 0 Å². The quantitative estimate of drug-likeness (QED) is 0.735. The molecule has 26 heavy (non-hydrogen) atoms. The van der Waals surface area contributed by atoms with E-state index in [0.29, 0.717) is 13.2 Å². The number of alkyl carbamates (subject to hydrolysis) is 1. The van der Waals surface area contributed by atoms with Gasteiger partial charge in [-0.05, 0) is 82.2 Å². The minimum Gasteiger partial charge on any atom is -0.445 e. The molecule has 1 amide bonds. The summed E-state index contributed by atoms with van der Waals surface area (Å²) in [6.45, 7) is 6.92. The number of ether oxygens (including phenoxy) is 1.